The fourth-order valence-electron chi connectivity index (χ4n) is 2.62. The maximum atomic E-state index is 11.8. The molecule has 1 aliphatic heterocycles. The van der Waals surface area contributed by atoms with Crippen LogP contribution < -0.4 is 5.32 Å². The third kappa shape index (κ3) is 4.40. The van der Waals surface area contributed by atoms with E-state index in [0.29, 0.717) is 22.4 Å². The number of hydrogen-bond acceptors (Lipinski definition) is 2. The average molecular weight is 318 g/mol. The molecule has 112 valence electrons. The molecule has 0 aliphatic carbocycles. The second-order valence-electron chi connectivity index (χ2n) is 5.50. The summed E-state index contributed by atoms with van der Waals surface area (Å²) in [6.45, 7) is 6.36. The van der Waals surface area contributed by atoms with Crippen LogP contribution in [0.15, 0.2) is 6.07 Å². The molecule has 1 atom stereocenters. The highest BCUT2D eigenvalue weighted by molar-refractivity contribution is 6.41. The van der Waals surface area contributed by atoms with Crippen LogP contribution in [0.2, 0.25) is 10.2 Å². The first-order chi connectivity index (χ1) is 9.56. The lowest BCUT2D eigenvalue weighted by Gasteiger charge is -2.30. The van der Waals surface area contributed by atoms with Gasteiger partial charge in [0.2, 0.25) is 0 Å². The predicted octanol–water partition coefficient (Wildman–Crippen LogP) is 3.17. The Balaban J connectivity index is 1.66. The molecule has 6 heteroatoms. The molecular formula is C14H21Cl2N3O. The maximum absolute atomic E-state index is 11.8. The summed E-state index contributed by atoms with van der Waals surface area (Å²) in [5.74, 6) is 0.632. The minimum Gasteiger partial charge on any atom is -0.351 e. The first-order valence-corrected chi connectivity index (χ1v) is 7.86. The lowest BCUT2D eigenvalue weighted by Crippen LogP contribution is -2.36. The van der Waals surface area contributed by atoms with Gasteiger partial charge in [0.15, 0.2) is 0 Å². The average Bonchev–Trinajstić information content (AvgIpc) is 2.75. The van der Waals surface area contributed by atoms with E-state index >= 15 is 0 Å². The number of hydrogen-bond donors (Lipinski definition) is 2. The predicted molar refractivity (Wildman–Crippen MR) is 82.6 cm³/mol. The quantitative estimate of drug-likeness (QED) is 0.819. The Kier molecular flexibility index (Phi) is 5.75. The van der Waals surface area contributed by atoms with Gasteiger partial charge in [0.05, 0.1) is 5.02 Å². The summed E-state index contributed by atoms with van der Waals surface area (Å²) in [4.78, 5) is 17.1. The molecule has 0 bridgehead atoms. The van der Waals surface area contributed by atoms with Gasteiger partial charge in [-0.05, 0) is 44.3 Å². The fourth-order valence-corrected chi connectivity index (χ4v) is 2.93. The Morgan fingerprint density at radius 2 is 2.35 bits per heavy atom. The number of likely N-dealkylation sites (tertiary alicyclic amines) is 1. The molecule has 2 N–H and O–H groups in total. The van der Waals surface area contributed by atoms with Gasteiger partial charge >= 0.3 is 0 Å². The van der Waals surface area contributed by atoms with E-state index in [2.05, 4.69) is 22.1 Å². The van der Waals surface area contributed by atoms with E-state index in [1.54, 1.807) is 6.07 Å². The van der Waals surface area contributed by atoms with Gasteiger partial charge in [-0.3, -0.25) is 4.79 Å². The van der Waals surface area contributed by atoms with Gasteiger partial charge < -0.3 is 15.2 Å². The molecule has 0 saturated carbocycles. The van der Waals surface area contributed by atoms with Crippen molar-refractivity contribution in [2.24, 2.45) is 5.92 Å². The summed E-state index contributed by atoms with van der Waals surface area (Å²) < 4.78 is 0. The highest BCUT2D eigenvalue weighted by atomic mass is 35.5. The number of amides is 1. The monoisotopic (exact) mass is 317 g/mol. The largest absolute Gasteiger partial charge is 0.351 e. The zero-order valence-corrected chi connectivity index (χ0v) is 13.2. The zero-order chi connectivity index (χ0) is 14.5. The summed E-state index contributed by atoms with van der Waals surface area (Å²) in [6.07, 6.45) is 3.58. The molecule has 1 unspecified atom stereocenters. The van der Waals surface area contributed by atoms with E-state index in [1.807, 2.05) is 0 Å². The Hall–Kier alpha value is -0.710. The normalized spacial score (nSPS) is 20.1. The maximum Gasteiger partial charge on any atom is 0.267 e. The number of piperidine rings is 1. The second kappa shape index (κ2) is 7.34. The molecule has 0 spiro atoms. The first kappa shape index (κ1) is 15.7. The molecule has 1 saturated heterocycles. The smallest absolute Gasteiger partial charge is 0.267 e. The third-order valence-electron chi connectivity index (χ3n) is 3.65. The molecule has 1 aromatic rings. The van der Waals surface area contributed by atoms with E-state index in [4.69, 9.17) is 23.2 Å². The Morgan fingerprint density at radius 1 is 1.55 bits per heavy atom. The van der Waals surface area contributed by atoms with Gasteiger partial charge in [0, 0.05) is 13.1 Å². The van der Waals surface area contributed by atoms with Crippen LogP contribution in [0.5, 0.6) is 0 Å². The molecule has 1 fully saturated rings. The van der Waals surface area contributed by atoms with E-state index in [-0.39, 0.29) is 5.91 Å². The number of H-pyrrole nitrogens is 1. The van der Waals surface area contributed by atoms with Gasteiger partial charge in [-0.25, -0.2) is 0 Å². The Labute approximate surface area is 129 Å². The Morgan fingerprint density at radius 3 is 3.00 bits per heavy atom. The lowest BCUT2D eigenvalue weighted by molar-refractivity contribution is 0.0945. The molecule has 2 heterocycles. The van der Waals surface area contributed by atoms with Crippen molar-refractivity contribution >= 4 is 29.1 Å². The number of nitrogens with zero attached hydrogens (tertiary/aromatic N) is 1. The number of aromatic nitrogens is 1. The van der Waals surface area contributed by atoms with Crippen molar-refractivity contribution < 1.29 is 4.79 Å². The van der Waals surface area contributed by atoms with Crippen molar-refractivity contribution in [3.8, 4) is 0 Å². The highest BCUT2D eigenvalue weighted by Crippen LogP contribution is 2.21. The van der Waals surface area contributed by atoms with Crippen LogP contribution in [0.1, 0.15) is 36.7 Å². The van der Waals surface area contributed by atoms with Crippen LogP contribution in [-0.2, 0) is 0 Å². The van der Waals surface area contributed by atoms with Crippen LogP contribution >= 0.6 is 23.2 Å². The van der Waals surface area contributed by atoms with Crippen molar-refractivity contribution in [2.75, 3.05) is 26.2 Å². The van der Waals surface area contributed by atoms with Crippen LogP contribution in [0.3, 0.4) is 0 Å². The topological polar surface area (TPSA) is 48.1 Å². The van der Waals surface area contributed by atoms with E-state index < -0.39 is 0 Å². The molecule has 0 radical (unpaired) electrons. The molecule has 1 aromatic heterocycles. The second-order valence-corrected chi connectivity index (χ2v) is 6.29. The molecule has 4 nitrogen and oxygen atoms in total. The Bertz CT molecular complexity index is 442. The van der Waals surface area contributed by atoms with Crippen LogP contribution in [-0.4, -0.2) is 42.0 Å². The SMILES string of the molecule is CC1CCCN(CCCNC(=O)c2cc(Cl)c(Cl)[nH]2)C1. The summed E-state index contributed by atoms with van der Waals surface area (Å²) in [5, 5.41) is 3.56. The van der Waals surface area contributed by atoms with Crippen LogP contribution in [0, 0.1) is 5.92 Å². The lowest BCUT2D eigenvalue weighted by atomic mass is 10.0. The molecule has 1 amide bonds. The van der Waals surface area contributed by atoms with E-state index in [0.717, 1.165) is 18.9 Å². The molecule has 1 aliphatic rings. The summed E-state index contributed by atoms with van der Waals surface area (Å²) in [5.41, 5.74) is 0.409. The van der Waals surface area contributed by atoms with Gasteiger partial charge in [-0.1, -0.05) is 30.1 Å². The van der Waals surface area contributed by atoms with E-state index in [9.17, 15) is 4.79 Å². The first-order valence-electron chi connectivity index (χ1n) is 7.11. The third-order valence-corrected chi connectivity index (χ3v) is 4.34. The summed E-state index contributed by atoms with van der Waals surface area (Å²) >= 11 is 11.6. The molecule has 20 heavy (non-hydrogen) atoms. The minimum absolute atomic E-state index is 0.161. The summed E-state index contributed by atoms with van der Waals surface area (Å²) in [6, 6.07) is 1.55. The van der Waals surface area contributed by atoms with Crippen molar-refractivity contribution in [3.63, 3.8) is 0 Å². The highest BCUT2D eigenvalue weighted by Gasteiger charge is 2.16. The van der Waals surface area contributed by atoms with Crippen molar-refractivity contribution in [2.45, 2.75) is 26.2 Å². The molecular weight excluding hydrogens is 297 g/mol. The van der Waals surface area contributed by atoms with Crippen LogP contribution in [0.25, 0.3) is 0 Å². The number of nitrogens with one attached hydrogen (secondary N) is 2. The van der Waals surface area contributed by atoms with Crippen molar-refractivity contribution in [3.05, 3.63) is 21.9 Å². The number of aromatic amines is 1. The van der Waals surface area contributed by atoms with Gasteiger partial charge in [0.25, 0.3) is 5.91 Å². The van der Waals surface area contributed by atoms with E-state index in [1.165, 1.54) is 25.9 Å². The number of carbonyl (C=O) groups is 1. The summed E-state index contributed by atoms with van der Waals surface area (Å²) in [7, 11) is 0. The van der Waals surface area contributed by atoms with Gasteiger partial charge in [-0.15, -0.1) is 0 Å². The number of rotatable bonds is 5. The number of carbonyl (C=O) groups excluding carboxylic acids is 1. The minimum atomic E-state index is -0.161. The molecule has 2 rings (SSSR count). The number of halogens is 2. The zero-order valence-electron chi connectivity index (χ0n) is 11.7. The van der Waals surface area contributed by atoms with Crippen molar-refractivity contribution in [1.29, 1.82) is 0 Å². The van der Waals surface area contributed by atoms with Gasteiger partial charge in [-0.2, -0.15) is 0 Å². The van der Waals surface area contributed by atoms with Crippen LogP contribution in [0.4, 0.5) is 0 Å². The van der Waals surface area contributed by atoms with Gasteiger partial charge in [0.1, 0.15) is 10.8 Å². The van der Waals surface area contributed by atoms with Crippen molar-refractivity contribution in [1.82, 2.24) is 15.2 Å². The standard InChI is InChI=1S/C14H21Cl2N3O/c1-10-4-2-6-19(9-10)7-3-5-17-14(20)12-8-11(15)13(16)18-12/h8,10,18H,2-7,9H2,1H3,(H,17,20). The molecule has 0 aromatic carbocycles. The fraction of sp³-hybridized carbons (Fsp3) is 0.643.